The monoisotopic (exact) mass is 632 g/mol. The minimum absolute atomic E-state index is 0.0139. The van der Waals surface area contributed by atoms with Crippen molar-refractivity contribution in [3.05, 3.63) is 148 Å². The summed E-state index contributed by atoms with van der Waals surface area (Å²) in [5, 5.41) is 19.0. The van der Waals surface area contributed by atoms with E-state index in [2.05, 4.69) is 16.0 Å². The lowest BCUT2D eigenvalue weighted by molar-refractivity contribution is -0.384. The first-order valence-electron chi connectivity index (χ1n) is 14.1. The number of nitrogens with one attached hydrogen (secondary N) is 3. The van der Waals surface area contributed by atoms with Crippen molar-refractivity contribution in [3.8, 4) is 11.3 Å². The predicted molar refractivity (Wildman–Crippen MR) is 178 cm³/mol. The molecule has 4 aromatic carbocycles. The van der Waals surface area contributed by atoms with E-state index in [0.29, 0.717) is 28.5 Å². The number of hydrogen-bond donors (Lipinski definition) is 3. The molecule has 3 amide bonds. The maximum Gasteiger partial charge on any atom is 0.272 e. The third-order valence-electron chi connectivity index (χ3n) is 6.62. The van der Waals surface area contributed by atoms with Crippen LogP contribution in [0.4, 0.5) is 17.1 Å². The largest absolute Gasteiger partial charge is 0.457 e. The fourth-order valence-electron chi connectivity index (χ4n) is 4.23. The number of nitro benzene ring substituents is 1. The van der Waals surface area contributed by atoms with Crippen LogP contribution in [0.3, 0.4) is 0 Å². The number of furan rings is 1. The first kappa shape index (κ1) is 31.5. The van der Waals surface area contributed by atoms with E-state index in [1.54, 1.807) is 66.7 Å². The zero-order valence-corrected chi connectivity index (χ0v) is 25.4. The third kappa shape index (κ3) is 8.58. The lowest BCUT2D eigenvalue weighted by Gasteiger charge is -2.11. The van der Waals surface area contributed by atoms with Crippen molar-refractivity contribution in [2.75, 3.05) is 16.4 Å². The lowest BCUT2D eigenvalue weighted by atomic mass is 10.1. The summed E-state index contributed by atoms with van der Waals surface area (Å²) in [4.78, 5) is 49.8. The molecule has 0 aliphatic rings. The Labute approximate surface area is 268 Å². The molecule has 0 saturated carbocycles. The van der Waals surface area contributed by atoms with E-state index < -0.39 is 16.7 Å². The Balaban J connectivity index is 1.24. The number of hydrogen-bond acceptors (Lipinski definition) is 7. The van der Waals surface area contributed by atoms with Crippen LogP contribution >= 0.6 is 11.8 Å². The topological polar surface area (TPSA) is 144 Å². The summed E-state index contributed by atoms with van der Waals surface area (Å²) in [7, 11) is 0. The zero-order chi connectivity index (χ0) is 32.5. The molecule has 3 N–H and O–H groups in total. The number of carbonyl (C=O) groups is 3. The second-order valence-corrected chi connectivity index (χ2v) is 11.1. The van der Waals surface area contributed by atoms with E-state index >= 15 is 0 Å². The number of anilines is 2. The van der Waals surface area contributed by atoms with Gasteiger partial charge in [0.2, 0.25) is 5.91 Å². The number of non-ortho nitro benzene ring substituents is 1. The van der Waals surface area contributed by atoms with Crippen LogP contribution in [0.2, 0.25) is 0 Å². The van der Waals surface area contributed by atoms with Gasteiger partial charge in [0.25, 0.3) is 17.5 Å². The number of benzene rings is 4. The minimum Gasteiger partial charge on any atom is -0.457 e. The number of aryl methyl sites for hydroxylation is 1. The SMILES string of the molecule is Cc1ccc(-c2ccc(C=C(NC(=O)c3ccccc3)C(=O)Nc3ccc(SCC(=O)Nc4ccc([N+](=O)[O-])cc4)cc3)o2)cc1. The highest BCUT2D eigenvalue weighted by Crippen LogP contribution is 2.25. The highest BCUT2D eigenvalue weighted by Gasteiger charge is 2.17. The Hall–Kier alpha value is -5.94. The summed E-state index contributed by atoms with van der Waals surface area (Å²) in [6, 6.07) is 32.4. The molecule has 5 rings (SSSR count). The van der Waals surface area contributed by atoms with Crippen LogP contribution in [0.15, 0.2) is 130 Å². The molecular formula is C35H28N4O6S. The Bertz CT molecular complexity index is 1880. The zero-order valence-electron chi connectivity index (χ0n) is 24.6. The second kappa shape index (κ2) is 14.7. The first-order chi connectivity index (χ1) is 22.2. The van der Waals surface area contributed by atoms with Gasteiger partial charge in [-0.05, 0) is 67.6 Å². The lowest BCUT2D eigenvalue weighted by Crippen LogP contribution is -2.30. The van der Waals surface area contributed by atoms with E-state index in [0.717, 1.165) is 16.0 Å². The molecule has 11 heteroatoms. The fraction of sp³-hybridized carbons (Fsp3) is 0.0571. The Morgan fingerprint density at radius 1 is 0.804 bits per heavy atom. The van der Waals surface area contributed by atoms with Crippen LogP contribution in [0.1, 0.15) is 21.7 Å². The number of nitro groups is 1. The Kier molecular flexibility index (Phi) is 10.1. The first-order valence-corrected chi connectivity index (χ1v) is 15.1. The van der Waals surface area contributed by atoms with Crippen LogP contribution in [0, 0.1) is 17.0 Å². The molecule has 5 aromatic rings. The van der Waals surface area contributed by atoms with Gasteiger partial charge in [-0.1, -0.05) is 48.0 Å². The van der Waals surface area contributed by atoms with Gasteiger partial charge in [-0.15, -0.1) is 11.8 Å². The molecule has 0 aliphatic heterocycles. The Morgan fingerprint density at radius 3 is 2.13 bits per heavy atom. The number of rotatable bonds is 11. The average Bonchev–Trinajstić information content (AvgIpc) is 3.53. The van der Waals surface area contributed by atoms with Gasteiger partial charge in [0, 0.05) is 45.6 Å². The predicted octanol–water partition coefficient (Wildman–Crippen LogP) is 7.30. The summed E-state index contributed by atoms with van der Waals surface area (Å²) >= 11 is 1.28. The van der Waals surface area contributed by atoms with Crippen molar-refractivity contribution in [3.63, 3.8) is 0 Å². The van der Waals surface area contributed by atoms with Crippen molar-refractivity contribution in [1.82, 2.24) is 5.32 Å². The molecule has 0 spiro atoms. The molecule has 46 heavy (non-hydrogen) atoms. The molecule has 0 radical (unpaired) electrons. The van der Waals surface area contributed by atoms with Gasteiger partial charge in [0.1, 0.15) is 17.2 Å². The van der Waals surface area contributed by atoms with Gasteiger partial charge in [0.05, 0.1) is 10.7 Å². The normalized spacial score (nSPS) is 11.0. The molecule has 10 nitrogen and oxygen atoms in total. The fourth-order valence-corrected chi connectivity index (χ4v) is 4.93. The second-order valence-electron chi connectivity index (χ2n) is 10.1. The van der Waals surface area contributed by atoms with Crippen LogP contribution in [-0.2, 0) is 9.59 Å². The van der Waals surface area contributed by atoms with Gasteiger partial charge in [-0.2, -0.15) is 0 Å². The summed E-state index contributed by atoms with van der Waals surface area (Å²) in [5.74, 6) is -0.174. The van der Waals surface area contributed by atoms with Crippen LogP contribution < -0.4 is 16.0 Å². The summed E-state index contributed by atoms with van der Waals surface area (Å²) in [5.41, 5.74) is 3.25. The van der Waals surface area contributed by atoms with Crippen molar-refractivity contribution in [1.29, 1.82) is 0 Å². The molecule has 0 fully saturated rings. The number of amides is 3. The molecule has 1 aromatic heterocycles. The van der Waals surface area contributed by atoms with Crippen LogP contribution in [0.5, 0.6) is 0 Å². The maximum absolute atomic E-state index is 13.4. The van der Waals surface area contributed by atoms with Crippen molar-refractivity contribution in [2.24, 2.45) is 0 Å². The molecule has 0 atom stereocenters. The van der Waals surface area contributed by atoms with Crippen LogP contribution in [0.25, 0.3) is 17.4 Å². The highest BCUT2D eigenvalue weighted by molar-refractivity contribution is 8.00. The maximum atomic E-state index is 13.4. The van der Waals surface area contributed by atoms with E-state index in [1.807, 2.05) is 31.2 Å². The molecule has 0 unspecified atom stereocenters. The van der Waals surface area contributed by atoms with Crippen molar-refractivity contribution >= 4 is 52.6 Å². The smallest absolute Gasteiger partial charge is 0.272 e. The average molecular weight is 633 g/mol. The Morgan fingerprint density at radius 2 is 1.46 bits per heavy atom. The molecule has 0 aliphatic carbocycles. The minimum atomic E-state index is -0.555. The molecule has 1 heterocycles. The highest BCUT2D eigenvalue weighted by atomic mass is 32.2. The molecule has 0 saturated heterocycles. The van der Waals surface area contributed by atoms with E-state index in [1.165, 1.54) is 42.1 Å². The van der Waals surface area contributed by atoms with Gasteiger partial charge >= 0.3 is 0 Å². The molecular weight excluding hydrogens is 604 g/mol. The summed E-state index contributed by atoms with van der Waals surface area (Å²) in [6.45, 7) is 2.00. The molecule has 230 valence electrons. The molecule has 0 bridgehead atoms. The van der Waals surface area contributed by atoms with Crippen LogP contribution in [-0.4, -0.2) is 28.4 Å². The van der Waals surface area contributed by atoms with E-state index in [-0.39, 0.29) is 23.0 Å². The summed E-state index contributed by atoms with van der Waals surface area (Å²) in [6.07, 6.45) is 1.47. The van der Waals surface area contributed by atoms with Crippen molar-refractivity contribution in [2.45, 2.75) is 11.8 Å². The van der Waals surface area contributed by atoms with Gasteiger partial charge < -0.3 is 20.4 Å². The van der Waals surface area contributed by atoms with E-state index in [4.69, 9.17) is 4.42 Å². The van der Waals surface area contributed by atoms with Gasteiger partial charge in [0.15, 0.2) is 0 Å². The quantitative estimate of drug-likeness (QED) is 0.0600. The van der Waals surface area contributed by atoms with Crippen molar-refractivity contribution < 1.29 is 23.7 Å². The summed E-state index contributed by atoms with van der Waals surface area (Å²) < 4.78 is 5.97. The third-order valence-corrected chi connectivity index (χ3v) is 7.63. The van der Waals surface area contributed by atoms with Gasteiger partial charge in [-0.25, -0.2) is 0 Å². The number of thioether (sulfide) groups is 1. The van der Waals surface area contributed by atoms with Gasteiger partial charge in [-0.3, -0.25) is 24.5 Å². The number of nitrogens with zero attached hydrogens (tertiary/aromatic N) is 1. The van der Waals surface area contributed by atoms with E-state index in [9.17, 15) is 24.5 Å². The number of carbonyl (C=O) groups excluding carboxylic acids is 3. The standard InChI is InChI=1S/C35H28N4O6S/c1-23-7-9-24(10-8-23)32-20-17-29(45-32)21-31(38-34(41)25-5-3-2-4-6-25)35(42)37-27-13-18-30(19-14-27)46-22-33(40)36-26-11-15-28(16-12-26)39(43)44/h2-21H,22H2,1H3,(H,36,40)(H,37,42)(H,38,41).